The van der Waals surface area contributed by atoms with Gasteiger partial charge in [-0.2, -0.15) is 0 Å². The number of carboxylic acids is 1. The molecule has 47 heavy (non-hydrogen) atoms. The van der Waals surface area contributed by atoms with Gasteiger partial charge in [-0.1, -0.05) is 74.9 Å². The fraction of sp³-hybridized carbons (Fsp3) is 0.447. The van der Waals surface area contributed by atoms with Gasteiger partial charge in [0.05, 0.1) is 25.2 Å². The maximum absolute atomic E-state index is 13.5. The number of β-lactam (4-membered cyclic amide) rings is 1. The van der Waals surface area contributed by atoms with Gasteiger partial charge in [-0.15, -0.1) is 0 Å². The van der Waals surface area contributed by atoms with Gasteiger partial charge in [0.2, 0.25) is 11.8 Å². The smallest absolute Gasteiger partial charge is 0.303 e. The lowest BCUT2D eigenvalue weighted by molar-refractivity contribution is -0.137. The number of anilines is 1. The fourth-order valence-corrected chi connectivity index (χ4v) is 6.18. The molecule has 1 aliphatic heterocycles. The van der Waals surface area contributed by atoms with E-state index >= 15 is 0 Å². The van der Waals surface area contributed by atoms with E-state index in [0.29, 0.717) is 31.4 Å². The Morgan fingerprint density at radius 3 is 2.04 bits per heavy atom. The van der Waals surface area contributed by atoms with Crippen molar-refractivity contribution in [2.75, 3.05) is 12.0 Å². The van der Waals surface area contributed by atoms with Gasteiger partial charge in [0.1, 0.15) is 11.6 Å². The summed E-state index contributed by atoms with van der Waals surface area (Å²) in [5, 5.41) is 22.4. The third-order valence-corrected chi connectivity index (χ3v) is 8.93. The van der Waals surface area contributed by atoms with Gasteiger partial charge >= 0.3 is 5.97 Å². The van der Waals surface area contributed by atoms with Crippen molar-refractivity contribution in [3.05, 3.63) is 95.3 Å². The number of methoxy groups -OCH3 is 1. The number of halogens is 1. The number of aliphatic hydroxyl groups excluding tert-OH is 1. The number of aliphatic hydroxyl groups is 1. The standard InChI is InChI=1S/C38H47FN2O6/c1-47-32-22-16-29(17-23-32)37-33(24-25-34(42)28-14-18-30(39)19-15-28)38(46)41(37)31-20-12-27(13-21-31)26-40-35(43)10-8-6-4-2-3-5-7-9-11-36(44)45/h12-23,33-34,37,42H,2-11,24-26H2,1H3,(H,40,43)(H,44,45). The second kappa shape index (κ2) is 18.2. The van der Waals surface area contributed by atoms with E-state index in [1.807, 2.05) is 48.5 Å². The SMILES string of the molecule is COc1ccc(C2C(CCC(O)c3ccc(F)cc3)C(=O)N2c2ccc(CNC(=O)CCCCCCCCCCC(=O)O)cc2)cc1. The summed E-state index contributed by atoms with van der Waals surface area (Å²) in [7, 11) is 1.61. The Balaban J connectivity index is 1.25. The molecule has 8 nitrogen and oxygen atoms in total. The Labute approximate surface area is 277 Å². The Hall–Kier alpha value is -4.24. The van der Waals surface area contributed by atoms with Crippen molar-refractivity contribution in [3.63, 3.8) is 0 Å². The fourth-order valence-electron chi connectivity index (χ4n) is 6.18. The number of hydrogen-bond acceptors (Lipinski definition) is 5. The molecule has 3 aromatic carbocycles. The van der Waals surface area contributed by atoms with E-state index in [4.69, 9.17) is 9.84 Å². The minimum atomic E-state index is -0.795. The zero-order chi connectivity index (χ0) is 33.6. The molecular weight excluding hydrogens is 599 g/mol. The lowest BCUT2D eigenvalue weighted by atomic mass is 9.78. The van der Waals surface area contributed by atoms with Crippen molar-refractivity contribution in [3.8, 4) is 5.75 Å². The van der Waals surface area contributed by atoms with E-state index in [9.17, 15) is 23.9 Å². The zero-order valence-corrected chi connectivity index (χ0v) is 27.2. The van der Waals surface area contributed by atoms with Crippen LogP contribution in [0.15, 0.2) is 72.8 Å². The average Bonchev–Trinajstić information content (AvgIpc) is 3.07. The van der Waals surface area contributed by atoms with Crippen molar-refractivity contribution in [1.29, 1.82) is 0 Å². The van der Waals surface area contributed by atoms with Gasteiger partial charge in [-0.05, 0) is 78.8 Å². The predicted molar refractivity (Wildman–Crippen MR) is 179 cm³/mol. The normalized spacial score (nSPS) is 16.4. The second-order valence-corrected chi connectivity index (χ2v) is 12.3. The van der Waals surface area contributed by atoms with Gasteiger partial charge < -0.3 is 25.2 Å². The first-order chi connectivity index (χ1) is 22.8. The number of carbonyl (C=O) groups excluding carboxylic acids is 2. The van der Waals surface area contributed by atoms with E-state index in [-0.39, 0.29) is 36.0 Å². The third kappa shape index (κ3) is 10.6. The summed E-state index contributed by atoms with van der Waals surface area (Å²) in [6.45, 7) is 0.412. The largest absolute Gasteiger partial charge is 0.497 e. The summed E-state index contributed by atoms with van der Waals surface area (Å²) in [5.74, 6) is -0.682. The van der Waals surface area contributed by atoms with Crippen molar-refractivity contribution in [2.45, 2.75) is 95.7 Å². The summed E-state index contributed by atoms with van der Waals surface area (Å²) in [4.78, 5) is 38.2. The Bertz CT molecular complexity index is 1430. The maximum Gasteiger partial charge on any atom is 0.303 e. The monoisotopic (exact) mass is 646 g/mol. The van der Waals surface area contributed by atoms with E-state index < -0.39 is 12.1 Å². The molecule has 9 heteroatoms. The summed E-state index contributed by atoms with van der Waals surface area (Å²) in [5.41, 5.74) is 3.30. The van der Waals surface area contributed by atoms with E-state index in [2.05, 4.69) is 5.32 Å². The molecule has 0 bridgehead atoms. The highest BCUT2D eigenvalue weighted by Gasteiger charge is 2.48. The Morgan fingerprint density at radius 1 is 0.851 bits per heavy atom. The van der Waals surface area contributed by atoms with E-state index in [1.54, 1.807) is 24.1 Å². The minimum Gasteiger partial charge on any atom is -0.497 e. The molecule has 0 aliphatic carbocycles. The molecule has 0 aromatic heterocycles. The molecule has 3 atom stereocenters. The van der Waals surface area contributed by atoms with Crippen molar-refractivity contribution in [2.24, 2.45) is 5.92 Å². The molecule has 0 radical (unpaired) electrons. The molecule has 3 unspecified atom stereocenters. The van der Waals surface area contributed by atoms with E-state index in [0.717, 1.165) is 73.9 Å². The molecule has 3 aromatic rings. The summed E-state index contributed by atoms with van der Waals surface area (Å²) in [6, 6.07) is 20.9. The van der Waals surface area contributed by atoms with Crippen molar-refractivity contribution < 1.29 is 33.7 Å². The third-order valence-electron chi connectivity index (χ3n) is 8.93. The molecule has 1 fully saturated rings. The average molecular weight is 647 g/mol. The highest BCUT2D eigenvalue weighted by molar-refractivity contribution is 6.03. The first-order valence-electron chi connectivity index (χ1n) is 16.7. The number of rotatable bonds is 20. The molecule has 3 N–H and O–H groups in total. The number of benzene rings is 3. The first kappa shape index (κ1) is 35.6. The van der Waals surface area contributed by atoms with Gasteiger partial charge in [0.25, 0.3) is 0 Å². The summed E-state index contributed by atoms with van der Waals surface area (Å²) < 4.78 is 18.7. The lowest BCUT2D eigenvalue weighted by Gasteiger charge is -2.48. The number of carboxylic acid groups (broad SMARTS) is 1. The molecule has 2 amide bonds. The van der Waals surface area contributed by atoms with Crippen LogP contribution in [0.2, 0.25) is 0 Å². The molecular formula is C38H47FN2O6. The number of carbonyl (C=O) groups is 3. The quantitative estimate of drug-likeness (QED) is 0.0858. The molecule has 0 spiro atoms. The number of nitrogens with zero attached hydrogens (tertiary/aromatic N) is 1. The lowest BCUT2D eigenvalue weighted by Crippen LogP contribution is -2.55. The van der Waals surface area contributed by atoms with Crippen molar-refractivity contribution in [1.82, 2.24) is 5.32 Å². The molecule has 4 rings (SSSR count). The second-order valence-electron chi connectivity index (χ2n) is 12.3. The van der Waals surface area contributed by atoms with Crippen LogP contribution in [0.1, 0.15) is 106 Å². The van der Waals surface area contributed by atoms with Crippen LogP contribution in [0.25, 0.3) is 0 Å². The number of ether oxygens (including phenoxy) is 1. The van der Waals surface area contributed by atoms with Crippen molar-refractivity contribution >= 4 is 23.5 Å². The van der Waals surface area contributed by atoms with Gasteiger partial charge in [-0.25, -0.2) is 4.39 Å². The number of hydrogen-bond donors (Lipinski definition) is 3. The predicted octanol–water partition coefficient (Wildman–Crippen LogP) is 7.65. The van der Waals surface area contributed by atoms with Crippen LogP contribution in [-0.2, 0) is 20.9 Å². The summed E-state index contributed by atoms with van der Waals surface area (Å²) >= 11 is 0. The van der Waals surface area contributed by atoms with Crippen LogP contribution in [0.3, 0.4) is 0 Å². The molecule has 252 valence electrons. The summed E-state index contributed by atoms with van der Waals surface area (Å²) in [6.07, 6.45) is 8.68. The van der Waals surface area contributed by atoms with Crippen LogP contribution in [-0.4, -0.2) is 35.1 Å². The topological polar surface area (TPSA) is 116 Å². The Kier molecular flexibility index (Phi) is 13.8. The highest BCUT2D eigenvalue weighted by atomic mass is 19.1. The van der Waals surface area contributed by atoms with Crippen LogP contribution >= 0.6 is 0 Å². The van der Waals surface area contributed by atoms with Gasteiger partial charge in [0.15, 0.2) is 0 Å². The van der Waals surface area contributed by atoms with Crippen LogP contribution in [0.5, 0.6) is 5.75 Å². The molecule has 1 heterocycles. The number of unbranched alkanes of at least 4 members (excludes halogenated alkanes) is 7. The first-order valence-corrected chi connectivity index (χ1v) is 16.7. The molecule has 0 saturated carbocycles. The highest BCUT2D eigenvalue weighted by Crippen LogP contribution is 2.46. The molecule has 1 saturated heterocycles. The van der Waals surface area contributed by atoms with E-state index in [1.165, 1.54) is 12.1 Å². The Morgan fingerprint density at radius 2 is 1.45 bits per heavy atom. The van der Waals surface area contributed by atoms with Gasteiger partial charge in [-0.3, -0.25) is 14.4 Å². The zero-order valence-electron chi connectivity index (χ0n) is 27.2. The van der Waals surface area contributed by atoms with Crippen LogP contribution in [0, 0.1) is 11.7 Å². The number of aliphatic carboxylic acids is 1. The number of amides is 2. The minimum absolute atomic E-state index is 0.0173. The maximum atomic E-state index is 13.5. The van der Waals surface area contributed by atoms with Gasteiger partial charge in [0, 0.05) is 25.1 Å². The van der Waals surface area contributed by atoms with Crippen LogP contribution < -0.4 is 15.0 Å². The van der Waals surface area contributed by atoms with Crippen LogP contribution in [0.4, 0.5) is 10.1 Å². The number of nitrogens with one attached hydrogen (secondary N) is 1. The molecule has 1 aliphatic rings.